The van der Waals surface area contributed by atoms with E-state index in [1.54, 1.807) is 0 Å². The molecule has 88 valence electrons. The summed E-state index contributed by atoms with van der Waals surface area (Å²) in [6.45, 7) is 3.15. The summed E-state index contributed by atoms with van der Waals surface area (Å²) in [4.78, 5) is 4.42. The van der Waals surface area contributed by atoms with Gasteiger partial charge in [-0.2, -0.15) is 0 Å². The van der Waals surface area contributed by atoms with Crippen LogP contribution in [0.1, 0.15) is 38.4 Å². The first-order valence-corrected chi connectivity index (χ1v) is 6.24. The summed E-state index contributed by atoms with van der Waals surface area (Å²) < 4.78 is 2.21. The molecular formula is C13H21N3. The summed E-state index contributed by atoms with van der Waals surface area (Å²) in [5.74, 6) is 1.17. The first-order valence-electron chi connectivity index (χ1n) is 6.24. The fraction of sp³-hybridized carbons (Fsp3) is 0.615. The smallest absolute Gasteiger partial charge is 0.112 e. The Morgan fingerprint density at radius 1 is 1.50 bits per heavy atom. The van der Waals surface area contributed by atoms with E-state index < -0.39 is 0 Å². The zero-order valence-corrected chi connectivity index (χ0v) is 10.0. The molecular weight excluding hydrogens is 198 g/mol. The summed E-state index contributed by atoms with van der Waals surface area (Å²) in [6.07, 6.45) is 12.0. The van der Waals surface area contributed by atoms with Crippen molar-refractivity contribution in [3.63, 3.8) is 0 Å². The Morgan fingerprint density at radius 2 is 2.38 bits per heavy atom. The van der Waals surface area contributed by atoms with E-state index in [4.69, 9.17) is 5.73 Å². The number of allylic oxidation sites excluding steroid dienone is 1. The number of hydrogen-bond donors (Lipinski definition) is 1. The van der Waals surface area contributed by atoms with Crippen molar-refractivity contribution in [2.24, 2.45) is 5.73 Å². The predicted octanol–water partition coefficient (Wildman–Crippen LogP) is 2.27. The molecule has 16 heavy (non-hydrogen) atoms. The van der Waals surface area contributed by atoms with Crippen molar-refractivity contribution < 1.29 is 0 Å². The molecule has 0 aromatic carbocycles. The van der Waals surface area contributed by atoms with Crippen molar-refractivity contribution in [2.45, 2.75) is 51.6 Å². The Morgan fingerprint density at radius 3 is 3.19 bits per heavy atom. The molecule has 2 N–H and O–H groups in total. The molecule has 0 aliphatic heterocycles. The lowest BCUT2D eigenvalue weighted by Crippen LogP contribution is -2.16. The second-order valence-corrected chi connectivity index (χ2v) is 4.54. The highest BCUT2D eigenvalue weighted by molar-refractivity contribution is 5.14. The Labute approximate surface area is 97.4 Å². The van der Waals surface area contributed by atoms with Gasteiger partial charge in [0.05, 0.1) is 0 Å². The molecule has 1 heterocycles. The van der Waals surface area contributed by atoms with E-state index in [-0.39, 0.29) is 6.04 Å². The maximum Gasteiger partial charge on any atom is 0.112 e. The van der Waals surface area contributed by atoms with Crippen LogP contribution in [0.2, 0.25) is 0 Å². The monoisotopic (exact) mass is 219 g/mol. The number of aryl methyl sites for hydroxylation is 1. The fourth-order valence-corrected chi connectivity index (χ4v) is 2.35. The van der Waals surface area contributed by atoms with Crippen molar-refractivity contribution in [3.8, 4) is 0 Å². The van der Waals surface area contributed by atoms with Crippen LogP contribution in [0, 0.1) is 0 Å². The molecule has 1 aliphatic rings. The zero-order chi connectivity index (χ0) is 11.4. The quantitative estimate of drug-likeness (QED) is 0.793. The molecule has 3 nitrogen and oxygen atoms in total. The molecule has 0 saturated carbocycles. The average Bonchev–Trinajstić information content (AvgIpc) is 2.61. The number of hydrogen-bond acceptors (Lipinski definition) is 2. The van der Waals surface area contributed by atoms with E-state index >= 15 is 0 Å². The average molecular weight is 219 g/mol. The van der Waals surface area contributed by atoms with Gasteiger partial charge in [-0.1, -0.05) is 18.1 Å². The van der Waals surface area contributed by atoms with Crippen LogP contribution in [0.15, 0.2) is 24.0 Å². The van der Waals surface area contributed by atoms with Crippen LogP contribution in [0.5, 0.6) is 0 Å². The Hall–Kier alpha value is -1.09. The van der Waals surface area contributed by atoms with Crippen molar-refractivity contribution in [3.05, 3.63) is 29.9 Å². The maximum absolute atomic E-state index is 6.02. The fourth-order valence-electron chi connectivity index (χ4n) is 2.35. The molecule has 1 aromatic heterocycles. The van der Waals surface area contributed by atoms with E-state index in [9.17, 15) is 0 Å². The van der Waals surface area contributed by atoms with Crippen LogP contribution in [0.3, 0.4) is 0 Å². The van der Waals surface area contributed by atoms with Gasteiger partial charge in [0.1, 0.15) is 5.82 Å². The van der Waals surface area contributed by atoms with Crippen LogP contribution in [-0.2, 0) is 13.0 Å². The summed E-state index contributed by atoms with van der Waals surface area (Å²) in [5.41, 5.74) is 7.48. The lowest BCUT2D eigenvalue weighted by atomic mass is 10.1. The van der Waals surface area contributed by atoms with Gasteiger partial charge in [-0.15, -0.1) is 0 Å². The van der Waals surface area contributed by atoms with Crippen LogP contribution < -0.4 is 5.73 Å². The van der Waals surface area contributed by atoms with Crippen LogP contribution >= 0.6 is 0 Å². The SMILES string of the molecule is CCn1ccnc1CC1=CC(N)CCCC1. The molecule has 0 fully saturated rings. The Balaban J connectivity index is 2.08. The van der Waals surface area contributed by atoms with Gasteiger partial charge in [0.2, 0.25) is 0 Å². The normalized spacial score (nSPS) is 21.6. The van der Waals surface area contributed by atoms with E-state index in [2.05, 4.69) is 22.6 Å². The Kier molecular flexibility index (Phi) is 3.78. The van der Waals surface area contributed by atoms with Gasteiger partial charge in [0.25, 0.3) is 0 Å². The molecule has 1 unspecified atom stereocenters. The molecule has 3 heteroatoms. The summed E-state index contributed by atoms with van der Waals surface area (Å²) >= 11 is 0. The molecule has 0 bridgehead atoms. The lowest BCUT2D eigenvalue weighted by molar-refractivity contribution is 0.652. The molecule has 1 aromatic rings. The third-order valence-electron chi connectivity index (χ3n) is 3.26. The van der Waals surface area contributed by atoms with Crippen LogP contribution in [0.25, 0.3) is 0 Å². The van der Waals surface area contributed by atoms with E-state index in [1.807, 2.05) is 12.4 Å². The van der Waals surface area contributed by atoms with Gasteiger partial charge in [-0.25, -0.2) is 4.98 Å². The van der Waals surface area contributed by atoms with Crippen LogP contribution in [0.4, 0.5) is 0 Å². The topological polar surface area (TPSA) is 43.8 Å². The summed E-state index contributed by atoms with van der Waals surface area (Å²) in [7, 11) is 0. The molecule has 2 rings (SSSR count). The van der Waals surface area contributed by atoms with Gasteiger partial charge < -0.3 is 10.3 Å². The highest BCUT2D eigenvalue weighted by Crippen LogP contribution is 2.19. The molecule has 0 radical (unpaired) electrons. The van der Waals surface area contributed by atoms with Crippen molar-refractivity contribution >= 4 is 0 Å². The van der Waals surface area contributed by atoms with Crippen molar-refractivity contribution in [2.75, 3.05) is 0 Å². The molecule has 0 spiro atoms. The van der Waals surface area contributed by atoms with Gasteiger partial charge in [0, 0.05) is 31.4 Å². The number of imidazole rings is 1. The predicted molar refractivity (Wildman–Crippen MR) is 66.1 cm³/mol. The first-order chi connectivity index (χ1) is 7.79. The molecule has 1 aliphatic carbocycles. The minimum Gasteiger partial charge on any atom is -0.335 e. The lowest BCUT2D eigenvalue weighted by Gasteiger charge is -2.08. The van der Waals surface area contributed by atoms with Crippen molar-refractivity contribution in [1.82, 2.24) is 9.55 Å². The largest absolute Gasteiger partial charge is 0.335 e. The Bertz CT molecular complexity index is 365. The summed E-state index contributed by atoms with van der Waals surface area (Å²) in [6, 6.07) is 0.252. The minimum absolute atomic E-state index is 0.252. The van der Waals surface area contributed by atoms with Crippen molar-refractivity contribution in [1.29, 1.82) is 0 Å². The third-order valence-corrected chi connectivity index (χ3v) is 3.26. The number of rotatable bonds is 3. The highest BCUT2D eigenvalue weighted by atomic mass is 15.0. The standard InChI is InChI=1S/C13H21N3/c1-2-16-8-7-15-13(16)10-11-5-3-4-6-12(14)9-11/h7-9,12H,2-6,10,14H2,1H3. The van der Waals surface area contributed by atoms with Gasteiger partial charge in [0.15, 0.2) is 0 Å². The van der Waals surface area contributed by atoms with E-state index in [0.717, 1.165) is 19.4 Å². The van der Waals surface area contributed by atoms with Crippen LogP contribution in [-0.4, -0.2) is 15.6 Å². The first kappa shape index (κ1) is 11.4. The van der Waals surface area contributed by atoms with Gasteiger partial charge in [-0.3, -0.25) is 0 Å². The molecule has 0 saturated heterocycles. The second kappa shape index (κ2) is 5.30. The number of aromatic nitrogens is 2. The molecule has 0 amide bonds. The van der Waals surface area contributed by atoms with Gasteiger partial charge in [-0.05, 0) is 26.2 Å². The van der Waals surface area contributed by atoms with Gasteiger partial charge >= 0.3 is 0 Å². The number of nitrogens with two attached hydrogens (primary N) is 1. The highest BCUT2D eigenvalue weighted by Gasteiger charge is 2.11. The summed E-state index contributed by atoms with van der Waals surface area (Å²) in [5, 5.41) is 0. The zero-order valence-electron chi connectivity index (χ0n) is 10.0. The van der Waals surface area contributed by atoms with E-state index in [0.29, 0.717) is 0 Å². The molecule has 1 atom stereocenters. The van der Waals surface area contributed by atoms with E-state index in [1.165, 1.54) is 30.7 Å². The maximum atomic E-state index is 6.02. The number of nitrogens with zero attached hydrogens (tertiary/aromatic N) is 2. The second-order valence-electron chi connectivity index (χ2n) is 4.54. The third kappa shape index (κ3) is 2.73. The minimum atomic E-state index is 0.252.